The maximum atomic E-state index is 12.9. The van der Waals surface area contributed by atoms with Gasteiger partial charge in [-0.2, -0.15) is 16.5 Å². The number of benzene rings is 1. The number of rotatable bonds is 9. The Labute approximate surface area is 179 Å². The number of halogens is 2. The van der Waals surface area contributed by atoms with Crippen LogP contribution in [0.15, 0.2) is 47.6 Å². The third-order valence-electron chi connectivity index (χ3n) is 3.93. The number of carbonyl (C=O) groups is 1. The summed E-state index contributed by atoms with van der Waals surface area (Å²) < 4.78 is 28.1. The average molecular weight is 462 g/mol. The molecule has 152 valence electrons. The molecule has 0 saturated carbocycles. The number of carbonyl (C=O) groups excluding carboxylic acids is 1. The molecule has 6 nitrogen and oxygen atoms in total. The van der Waals surface area contributed by atoms with Gasteiger partial charge in [-0.15, -0.1) is 0 Å². The van der Waals surface area contributed by atoms with Gasteiger partial charge in [0.05, 0.1) is 5.02 Å². The number of thioether (sulfide) groups is 1. The van der Waals surface area contributed by atoms with Crippen LogP contribution in [0.3, 0.4) is 0 Å². The number of amides is 1. The zero-order valence-corrected chi connectivity index (χ0v) is 18.6. The molecule has 0 spiro atoms. The molecule has 1 aromatic carbocycles. The first-order chi connectivity index (χ1) is 13.2. The maximum Gasteiger partial charge on any atom is 0.242 e. The summed E-state index contributed by atoms with van der Waals surface area (Å²) in [6.45, 7) is 0.344. The molecule has 1 amide bonds. The van der Waals surface area contributed by atoms with Crippen LogP contribution in [0.25, 0.3) is 0 Å². The van der Waals surface area contributed by atoms with Crippen LogP contribution in [-0.2, 0) is 21.4 Å². The highest BCUT2D eigenvalue weighted by molar-refractivity contribution is 7.98. The van der Waals surface area contributed by atoms with E-state index in [1.54, 1.807) is 31.6 Å². The van der Waals surface area contributed by atoms with Gasteiger partial charge >= 0.3 is 0 Å². The van der Waals surface area contributed by atoms with Crippen molar-refractivity contribution in [3.63, 3.8) is 0 Å². The smallest absolute Gasteiger partial charge is 0.242 e. The van der Waals surface area contributed by atoms with Crippen molar-refractivity contribution < 1.29 is 13.2 Å². The number of aromatic nitrogens is 1. The maximum absolute atomic E-state index is 12.9. The van der Waals surface area contributed by atoms with Crippen molar-refractivity contribution in [2.24, 2.45) is 0 Å². The second-order valence-corrected chi connectivity index (χ2v) is 9.59. The van der Waals surface area contributed by atoms with Crippen LogP contribution in [0.5, 0.6) is 0 Å². The lowest BCUT2D eigenvalue weighted by Gasteiger charge is -2.24. The summed E-state index contributed by atoms with van der Waals surface area (Å²) in [5.74, 6) is 0.290. The van der Waals surface area contributed by atoms with E-state index in [1.807, 2.05) is 6.26 Å². The Morgan fingerprint density at radius 1 is 1.25 bits per heavy atom. The van der Waals surface area contributed by atoms with Gasteiger partial charge in [0.25, 0.3) is 0 Å². The summed E-state index contributed by atoms with van der Waals surface area (Å²) in [7, 11) is -2.39. The van der Waals surface area contributed by atoms with Crippen molar-refractivity contribution in [2.45, 2.75) is 23.9 Å². The normalized spacial score (nSPS) is 12.6. The minimum Gasteiger partial charge on any atom is -0.340 e. The molecule has 0 bridgehead atoms. The second-order valence-electron chi connectivity index (χ2n) is 6.08. The third-order valence-corrected chi connectivity index (χ3v) is 6.77. The number of nitrogens with one attached hydrogen (secondary N) is 1. The van der Waals surface area contributed by atoms with E-state index in [0.29, 0.717) is 18.7 Å². The second kappa shape index (κ2) is 10.5. The fourth-order valence-corrected chi connectivity index (χ4v) is 4.97. The summed E-state index contributed by atoms with van der Waals surface area (Å²) in [6, 6.07) is 6.87. The third kappa shape index (κ3) is 6.35. The van der Waals surface area contributed by atoms with Crippen molar-refractivity contribution in [3.8, 4) is 0 Å². The van der Waals surface area contributed by atoms with Crippen LogP contribution < -0.4 is 4.72 Å². The zero-order chi connectivity index (χ0) is 20.7. The molecule has 1 unspecified atom stereocenters. The van der Waals surface area contributed by atoms with Gasteiger partial charge in [-0.25, -0.2) is 8.42 Å². The first-order valence-electron chi connectivity index (χ1n) is 8.35. The Hall–Kier alpha value is -1.32. The molecular formula is C18H21Cl2N3O3S2. The monoisotopic (exact) mass is 461 g/mol. The number of nitrogens with zero attached hydrogens (tertiary/aromatic N) is 2. The Bertz CT molecular complexity index is 912. The van der Waals surface area contributed by atoms with Crippen molar-refractivity contribution in [2.75, 3.05) is 19.1 Å². The molecule has 1 N–H and O–H groups in total. The topological polar surface area (TPSA) is 79.4 Å². The van der Waals surface area contributed by atoms with Gasteiger partial charge in [0.1, 0.15) is 10.9 Å². The quantitative estimate of drug-likeness (QED) is 0.618. The van der Waals surface area contributed by atoms with Crippen LogP contribution in [0.4, 0.5) is 0 Å². The molecule has 1 aromatic heterocycles. The fourth-order valence-electron chi connectivity index (χ4n) is 2.51. The summed E-state index contributed by atoms with van der Waals surface area (Å²) in [4.78, 5) is 18.2. The number of hydrogen-bond donors (Lipinski definition) is 1. The minimum atomic E-state index is -4.03. The largest absolute Gasteiger partial charge is 0.340 e. The molecule has 0 saturated heterocycles. The van der Waals surface area contributed by atoms with E-state index in [1.165, 1.54) is 34.9 Å². The predicted molar refractivity (Wildman–Crippen MR) is 114 cm³/mol. The van der Waals surface area contributed by atoms with E-state index in [4.69, 9.17) is 23.2 Å². The van der Waals surface area contributed by atoms with Crippen LogP contribution >= 0.6 is 35.0 Å². The molecule has 0 aliphatic rings. The van der Waals surface area contributed by atoms with Gasteiger partial charge in [-0.3, -0.25) is 9.78 Å². The van der Waals surface area contributed by atoms with E-state index in [0.717, 1.165) is 5.56 Å². The van der Waals surface area contributed by atoms with Crippen LogP contribution in [0.1, 0.15) is 12.0 Å². The van der Waals surface area contributed by atoms with Crippen LogP contribution in [0.2, 0.25) is 10.0 Å². The molecule has 0 radical (unpaired) electrons. The molecule has 2 aromatic rings. The van der Waals surface area contributed by atoms with Crippen molar-refractivity contribution in [3.05, 3.63) is 58.3 Å². The van der Waals surface area contributed by atoms with E-state index < -0.39 is 16.1 Å². The Balaban J connectivity index is 2.22. The van der Waals surface area contributed by atoms with Gasteiger partial charge in [0.15, 0.2) is 0 Å². The van der Waals surface area contributed by atoms with Gasteiger partial charge in [-0.05, 0) is 54.3 Å². The summed E-state index contributed by atoms with van der Waals surface area (Å²) in [5, 5.41) is 0.282. The highest BCUT2D eigenvalue weighted by Gasteiger charge is 2.29. The highest BCUT2D eigenvalue weighted by Crippen LogP contribution is 2.25. The Morgan fingerprint density at radius 2 is 1.93 bits per heavy atom. The van der Waals surface area contributed by atoms with Crippen LogP contribution in [-0.4, -0.2) is 49.3 Å². The average Bonchev–Trinajstić information content (AvgIpc) is 2.67. The molecule has 0 aliphatic heterocycles. The number of hydrogen-bond acceptors (Lipinski definition) is 5. The van der Waals surface area contributed by atoms with Crippen LogP contribution in [0, 0.1) is 0 Å². The lowest BCUT2D eigenvalue weighted by molar-refractivity contribution is -0.132. The number of likely N-dealkylation sites (N-methyl/N-ethyl adjacent to an activating group) is 1. The lowest BCUT2D eigenvalue weighted by Crippen LogP contribution is -2.47. The molecular weight excluding hydrogens is 441 g/mol. The zero-order valence-electron chi connectivity index (χ0n) is 15.4. The van der Waals surface area contributed by atoms with E-state index in [2.05, 4.69) is 9.71 Å². The molecule has 28 heavy (non-hydrogen) atoms. The highest BCUT2D eigenvalue weighted by atomic mass is 35.5. The molecule has 1 heterocycles. The molecule has 10 heteroatoms. The van der Waals surface area contributed by atoms with Gasteiger partial charge in [0, 0.05) is 31.0 Å². The molecule has 2 rings (SSSR count). The van der Waals surface area contributed by atoms with E-state index >= 15 is 0 Å². The first-order valence-corrected chi connectivity index (χ1v) is 12.0. The summed E-state index contributed by atoms with van der Waals surface area (Å²) >= 11 is 13.5. The Morgan fingerprint density at radius 3 is 2.57 bits per heavy atom. The minimum absolute atomic E-state index is 0.0399. The fraction of sp³-hybridized carbons (Fsp3) is 0.333. The van der Waals surface area contributed by atoms with Crippen molar-refractivity contribution >= 4 is 50.9 Å². The van der Waals surface area contributed by atoms with E-state index in [-0.39, 0.29) is 20.8 Å². The van der Waals surface area contributed by atoms with Gasteiger partial charge < -0.3 is 4.90 Å². The van der Waals surface area contributed by atoms with Gasteiger partial charge in [-0.1, -0.05) is 23.2 Å². The molecule has 1 atom stereocenters. The molecule has 0 fully saturated rings. The van der Waals surface area contributed by atoms with Gasteiger partial charge in [0.2, 0.25) is 15.9 Å². The van der Waals surface area contributed by atoms with Crippen molar-refractivity contribution in [1.82, 2.24) is 14.6 Å². The lowest BCUT2D eigenvalue weighted by atomic mass is 10.2. The standard InChI is InChI=1S/C18H21Cl2N3O3S2/c1-23(12-13-5-8-21-9-6-13)18(24)16(7-10-27-2)22-28(25,26)17-11-14(19)3-4-15(17)20/h3-6,8-9,11,16,22H,7,10,12H2,1-2H3. The Kier molecular flexibility index (Phi) is 8.57. The van der Waals surface area contributed by atoms with Crippen molar-refractivity contribution in [1.29, 1.82) is 0 Å². The molecule has 0 aliphatic carbocycles. The number of pyridine rings is 1. The first kappa shape index (κ1) is 23.0. The summed E-state index contributed by atoms with van der Waals surface area (Å²) in [5.41, 5.74) is 0.898. The number of sulfonamides is 1. The summed E-state index contributed by atoms with van der Waals surface area (Å²) in [6.07, 6.45) is 5.52. The van der Waals surface area contributed by atoms with E-state index in [9.17, 15) is 13.2 Å². The SMILES string of the molecule is CSCCC(NS(=O)(=O)c1cc(Cl)ccc1Cl)C(=O)N(C)Cc1ccncc1. The predicted octanol–water partition coefficient (Wildman–Crippen LogP) is 3.45.